The molecular formula is C24H33N7O4. The summed E-state index contributed by atoms with van der Waals surface area (Å²) in [5.41, 5.74) is 1.44. The highest BCUT2D eigenvalue weighted by Crippen LogP contribution is 2.08. The number of carbonyl (C=O) groups excluding carboxylic acids is 4. The second-order valence-corrected chi connectivity index (χ2v) is 9.06. The molecule has 0 spiro atoms. The van der Waals surface area contributed by atoms with Gasteiger partial charge in [-0.05, 0) is 24.8 Å². The van der Waals surface area contributed by atoms with Crippen LogP contribution in [-0.4, -0.2) is 56.7 Å². The predicted molar refractivity (Wildman–Crippen MR) is 128 cm³/mol. The lowest BCUT2D eigenvalue weighted by molar-refractivity contribution is -0.134. The second kappa shape index (κ2) is 12.1. The predicted octanol–water partition coefficient (Wildman–Crippen LogP) is 0.0611. The maximum atomic E-state index is 13.2. The first-order valence-electron chi connectivity index (χ1n) is 11.8. The van der Waals surface area contributed by atoms with Gasteiger partial charge in [-0.15, -0.1) is 5.10 Å². The zero-order valence-electron chi connectivity index (χ0n) is 20.3. The summed E-state index contributed by atoms with van der Waals surface area (Å²) in [7, 11) is 0. The molecular weight excluding hydrogens is 450 g/mol. The topological polar surface area (TPSA) is 147 Å². The zero-order valence-corrected chi connectivity index (χ0v) is 20.3. The van der Waals surface area contributed by atoms with Gasteiger partial charge in [0, 0.05) is 19.4 Å². The summed E-state index contributed by atoms with van der Waals surface area (Å²) in [4.78, 5) is 51.4. The van der Waals surface area contributed by atoms with E-state index in [1.807, 2.05) is 30.3 Å². The van der Waals surface area contributed by atoms with Crippen molar-refractivity contribution >= 4 is 23.6 Å². The minimum atomic E-state index is -0.883. The molecule has 11 nitrogen and oxygen atoms in total. The number of aromatic nitrogens is 3. The number of benzene rings is 1. The van der Waals surface area contributed by atoms with Gasteiger partial charge in [-0.1, -0.05) is 49.4 Å². The highest BCUT2D eigenvalue weighted by molar-refractivity contribution is 5.94. The summed E-state index contributed by atoms with van der Waals surface area (Å²) in [6, 6.07) is 6.77. The Hall–Kier alpha value is -3.76. The lowest BCUT2D eigenvalue weighted by Gasteiger charge is -2.26. The first kappa shape index (κ1) is 25.9. The molecule has 35 heavy (non-hydrogen) atoms. The maximum absolute atomic E-state index is 13.2. The first-order chi connectivity index (χ1) is 16.7. The molecule has 1 aromatic heterocycles. The van der Waals surface area contributed by atoms with Gasteiger partial charge in [0.25, 0.3) is 0 Å². The number of nitrogens with zero attached hydrogens (tertiary/aromatic N) is 3. The molecule has 11 heteroatoms. The molecule has 4 amide bonds. The average molecular weight is 484 g/mol. The summed E-state index contributed by atoms with van der Waals surface area (Å²) < 4.78 is 1.60. The van der Waals surface area contributed by atoms with Crippen LogP contribution in [0.25, 0.3) is 0 Å². The Balaban J connectivity index is 1.83. The van der Waals surface area contributed by atoms with Gasteiger partial charge in [0.05, 0.1) is 12.7 Å². The van der Waals surface area contributed by atoms with E-state index in [0.717, 1.165) is 5.56 Å². The van der Waals surface area contributed by atoms with Crippen molar-refractivity contribution < 1.29 is 19.2 Å². The van der Waals surface area contributed by atoms with Crippen LogP contribution in [-0.2, 0) is 38.7 Å². The Morgan fingerprint density at radius 3 is 2.46 bits per heavy atom. The molecule has 2 bridgehead atoms. The Kier molecular flexibility index (Phi) is 8.93. The highest BCUT2D eigenvalue weighted by atomic mass is 16.2. The number of fused-ring (bicyclic) bond motifs is 2. The number of carbonyl (C=O) groups is 4. The minimum absolute atomic E-state index is 0.158. The average Bonchev–Trinajstić information content (AvgIpc) is 3.27. The Morgan fingerprint density at radius 1 is 1.00 bits per heavy atom. The maximum Gasteiger partial charge on any atom is 0.243 e. The van der Waals surface area contributed by atoms with E-state index in [2.05, 4.69) is 31.6 Å². The number of amides is 4. The van der Waals surface area contributed by atoms with Crippen LogP contribution >= 0.6 is 0 Å². The number of aryl methyl sites for hydroxylation is 1. The standard InChI is InChI=1S/C24H33N7O4/c1-15(2)21-24(35)26-16(3)22(33)25-13-18-14-31(30-29-18)11-7-10-20(32)27-19(23(34)28-21)12-17-8-5-4-6-9-17/h4-6,8-9,14-16,19,21H,7,10-13H2,1-3H3,(H,25,33)(H,26,35)(H,27,32)(H,28,34)/t16-,19-,21+/m1/s1. The van der Waals surface area contributed by atoms with E-state index in [1.54, 1.807) is 31.6 Å². The molecule has 0 radical (unpaired) electrons. The first-order valence-corrected chi connectivity index (χ1v) is 11.8. The summed E-state index contributed by atoms with van der Waals surface area (Å²) >= 11 is 0. The van der Waals surface area contributed by atoms with Crippen LogP contribution in [0.2, 0.25) is 0 Å². The van der Waals surface area contributed by atoms with E-state index in [0.29, 0.717) is 18.7 Å². The number of hydrogen-bond donors (Lipinski definition) is 4. The third-order valence-corrected chi connectivity index (χ3v) is 5.75. The van der Waals surface area contributed by atoms with Crippen molar-refractivity contribution in [2.75, 3.05) is 0 Å². The third-order valence-electron chi connectivity index (χ3n) is 5.75. The van der Waals surface area contributed by atoms with E-state index in [-0.39, 0.29) is 37.1 Å². The Labute approximate surface area is 204 Å². The van der Waals surface area contributed by atoms with Crippen LogP contribution in [0, 0.1) is 5.92 Å². The van der Waals surface area contributed by atoms with Crippen LogP contribution in [0.4, 0.5) is 0 Å². The van der Waals surface area contributed by atoms with Crippen molar-refractivity contribution in [2.24, 2.45) is 5.92 Å². The van der Waals surface area contributed by atoms with Gasteiger partial charge < -0.3 is 21.3 Å². The quantitative estimate of drug-likeness (QED) is 0.485. The number of rotatable bonds is 3. The molecule has 2 heterocycles. The molecule has 1 aliphatic heterocycles. The largest absolute Gasteiger partial charge is 0.349 e. The van der Waals surface area contributed by atoms with Gasteiger partial charge in [-0.25, -0.2) is 0 Å². The van der Waals surface area contributed by atoms with Crippen molar-refractivity contribution in [3.63, 3.8) is 0 Å². The molecule has 188 valence electrons. The summed E-state index contributed by atoms with van der Waals surface area (Å²) in [6.07, 6.45) is 2.66. The summed E-state index contributed by atoms with van der Waals surface area (Å²) in [5, 5.41) is 19.0. The number of nitrogens with one attached hydrogen (secondary N) is 4. The van der Waals surface area contributed by atoms with Crippen LogP contribution < -0.4 is 21.3 Å². The van der Waals surface area contributed by atoms with E-state index < -0.39 is 29.9 Å². The second-order valence-electron chi connectivity index (χ2n) is 9.06. The van der Waals surface area contributed by atoms with Gasteiger partial charge in [0.15, 0.2) is 0 Å². The molecule has 1 aliphatic rings. The third kappa shape index (κ3) is 7.62. The molecule has 1 aromatic carbocycles. The highest BCUT2D eigenvalue weighted by Gasteiger charge is 2.30. The van der Waals surface area contributed by atoms with E-state index >= 15 is 0 Å². The van der Waals surface area contributed by atoms with Gasteiger partial charge in [-0.2, -0.15) is 0 Å². The van der Waals surface area contributed by atoms with Gasteiger partial charge >= 0.3 is 0 Å². The van der Waals surface area contributed by atoms with Crippen LogP contribution in [0.3, 0.4) is 0 Å². The van der Waals surface area contributed by atoms with Crippen molar-refractivity contribution in [3.8, 4) is 0 Å². The molecule has 4 N–H and O–H groups in total. The van der Waals surface area contributed by atoms with Gasteiger partial charge in [0.2, 0.25) is 23.6 Å². The van der Waals surface area contributed by atoms with Crippen LogP contribution in [0.5, 0.6) is 0 Å². The fourth-order valence-corrected chi connectivity index (χ4v) is 3.74. The lowest BCUT2D eigenvalue weighted by atomic mass is 10.0. The summed E-state index contributed by atoms with van der Waals surface area (Å²) in [6.45, 7) is 5.79. The monoisotopic (exact) mass is 483 g/mol. The SMILES string of the molecule is CC(C)[C@@H]1NC(=O)[C@@H](Cc2ccccc2)NC(=O)CCCn2cc(nn2)CNC(=O)[C@@H](C)NC1=O. The molecule has 0 saturated heterocycles. The lowest BCUT2D eigenvalue weighted by Crippen LogP contribution is -2.58. The molecule has 3 rings (SSSR count). The van der Waals surface area contributed by atoms with E-state index in [1.165, 1.54) is 0 Å². The molecule has 0 fully saturated rings. The summed E-state index contributed by atoms with van der Waals surface area (Å²) in [5.74, 6) is -1.84. The van der Waals surface area contributed by atoms with Crippen LogP contribution in [0.15, 0.2) is 36.5 Å². The Bertz CT molecular complexity index is 1040. The minimum Gasteiger partial charge on any atom is -0.349 e. The normalized spacial score (nSPS) is 22.9. The zero-order chi connectivity index (χ0) is 25.4. The molecule has 0 unspecified atom stereocenters. The Morgan fingerprint density at radius 2 is 1.74 bits per heavy atom. The van der Waals surface area contributed by atoms with E-state index in [9.17, 15) is 19.2 Å². The van der Waals surface area contributed by atoms with E-state index in [4.69, 9.17) is 0 Å². The van der Waals surface area contributed by atoms with Crippen molar-refractivity contribution in [3.05, 3.63) is 47.8 Å². The van der Waals surface area contributed by atoms with Gasteiger partial charge in [0.1, 0.15) is 23.8 Å². The van der Waals surface area contributed by atoms with Gasteiger partial charge in [-0.3, -0.25) is 23.9 Å². The molecule has 0 aliphatic carbocycles. The molecule has 2 aromatic rings. The molecule has 3 atom stereocenters. The number of hydrogen-bond acceptors (Lipinski definition) is 6. The fourth-order valence-electron chi connectivity index (χ4n) is 3.74. The molecule has 0 saturated carbocycles. The fraction of sp³-hybridized carbons (Fsp3) is 0.500. The van der Waals surface area contributed by atoms with Crippen molar-refractivity contribution in [1.29, 1.82) is 0 Å². The van der Waals surface area contributed by atoms with Crippen molar-refractivity contribution in [2.45, 2.75) is 71.2 Å². The van der Waals surface area contributed by atoms with Crippen LogP contribution in [0.1, 0.15) is 44.9 Å². The van der Waals surface area contributed by atoms with Crippen molar-refractivity contribution in [1.82, 2.24) is 36.3 Å². The smallest absolute Gasteiger partial charge is 0.243 e.